The monoisotopic (exact) mass is 404 g/mol. The predicted octanol–water partition coefficient (Wildman–Crippen LogP) is 4.67. The van der Waals surface area contributed by atoms with Gasteiger partial charge in [-0.25, -0.2) is 9.78 Å². The fourth-order valence-corrected chi connectivity index (χ4v) is 2.72. The van der Waals surface area contributed by atoms with Gasteiger partial charge in [-0.3, -0.25) is 4.79 Å². The molecule has 6 heteroatoms. The fourth-order valence-electron chi connectivity index (χ4n) is 2.72. The number of aryl methyl sites for hydroxylation is 1. The molecule has 0 aliphatic carbocycles. The van der Waals surface area contributed by atoms with E-state index in [0.29, 0.717) is 28.4 Å². The van der Waals surface area contributed by atoms with Gasteiger partial charge in [0, 0.05) is 30.6 Å². The Kier molecular flexibility index (Phi) is 6.47. The van der Waals surface area contributed by atoms with Crippen LogP contribution in [-0.4, -0.2) is 30.0 Å². The zero-order valence-corrected chi connectivity index (χ0v) is 17.5. The average molecular weight is 404 g/mol. The number of esters is 1. The van der Waals surface area contributed by atoms with Crippen LogP contribution in [0.1, 0.15) is 40.1 Å². The molecule has 0 saturated heterocycles. The molecular formula is C24H24N2O4. The third-order valence-electron chi connectivity index (χ3n) is 4.37. The number of nitrogens with zero attached hydrogens (tertiary/aromatic N) is 2. The largest absolute Gasteiger partial charge is 0.475 e. The van der Waals surface area contributed by atoms with Gasteiger partial charge in [0.25, 0.3) is 5.91 Å². The van der Waals surface area contributed by atoms with E-state index in [0.717, 1.165) is 5.56 Å². The number of pyridine rings is 1. The maximum atomic E-state index is 12.6. The number of ether oxygens (including phenoxy) is 2. The van der Waals surface area contributed by atoms with Crippen molar-refractivity contribution in [1.82, 2.24) is 4.98 Å². The van der Waals surface area contributed by atoms with E-state index in [1.54, 1.807) is 60.5 Å². The second kappa shape index (κ2) is 9.22. The molecule has 154 valence electrons. The Morgan fingerprint density at radius 1 is 0.900 bits per heavy atom. The quantitative estimate of drug-likeness (QED) is 0.441. The molecule has 0 N–H and O–H groups in total. The molecule has 0 fully saturated rings. The highest BCUT2D eigenvalue weighted by atomic mass is 16.5. The molecular weight excluding hydrogens is 380 g/mol. The first-order valence-electron chi connectivity index (χ1n) is 9.63. The van der Waals surface area contributed by atoms with Crippen molar-refractivity contribution in [3.05, 3.63) is 83.6 Å². The Hall–Kier alpha value is -3.67. The van der Waals surface area contributed by atoms with Gasteiger partial charge in [-0.1, -0.05) is 17.7 Å². The number of benzene rings is 2. The van der Waals surface area contributed by atoms with E-state index in [-0.39, 0.29) is 12.0 Å². The molecule has 0 radical (unpaired) electrons. The summed E-state index contributed by atoms with van der Waals surface area (Å²) in [5.41, 5.74) is 2.72. The van der Waals surface area contributed by atoms with Crippen LogP contribution >= 0.6 is 0 Å². The summed E-state index contributed by atoms with van der Waals surface area (Å²) in [7, 11) is 1.70. The first-order valence-corrected chi connectivity index (χ1v) is 9.63. The van der Waals surface area contributed by atoms with Crippen molar-refractivity contribution < 1.29 is 19.1 Å². The van der Waals surface area contributed by atoms with Crippen LogP contribution in [0.15, 0.2) is 66.9 Å². The third kappa shape index (κ3) is 5.23. The van der Waals surface area contributed by atoms with Gasteiger partial charge in [-0.2, -0.15) is 0 Å². The summed E-state index contributed by atoms with van der Waals surface area (Å²) in [4.78, 5) is 30.6. The minimum atomic E-state index is -0.518. The molecule has 0 bridgehead atoms. The van der Waals surface area contributed by atoms with Gasteiger partial charge in [0.1, 0.15) is 5.75 Å². The van der Waals surface area contributed by atoms with E-state index in [2.05, 4.69) is 4.98 Å². The SMILES string of the molecule is Cc1ccc(C(=O)N(C)c2ccc(OC(=O)c3ccc(OC(C)C)nc3)cc2)cc1. The molecule has 0 unspecified atom stereocenters. The van der Waals surface area contributed by atoms with Crippen LogP contribution in [0.5, 0.6) is 11.6 Å². The van der Waals surface area contributed by atoms with E-state index in [4.69, 9.17) is 9.47 Å². The Balaban J connectivity index is 1.64. The first-order chi connectivity index (χ1) is 14.3. The second-order valence-electron chi connectivity index (χ2n) is 7.17. The lowest BCUT2D eigenvalue weighted by Crippen LogP contribution is -2.26. The molecule has 0 aliphatic heterocycles. The number of carbonyl (C=O) groups is 2. The Bertz CT molecular complexity index is 1010. The van der Waals surface area contributed by atoms with Crippen molar-refractivity contribution in [2.75, 3.05) is 11.9 Å². The molecule has 0 atom stereocenters. The smallest absolute Gasteiger partial charge is 0.345 e. The van der Waals surface area contributed by atoms with Crippen LogP contribution < -0.4 is 14.4 Å². The number of rotatable bonds is 6. The average Bonchev–Trinajstić information content (AvgIpc) is 2.74. The number of aromatic nitrogens is 1. The topological polar surface area (TPSA) is 68.7 Å². The van der Waals surface area contributed by atoms with Crippen LogP contribution in [0, 0.1) is 6.92 Å². The normalized spacial score (nSPS) is 10.6. The number of carbonyl (C=O) groups excluding carboxylic acids is 2. The molecule has 0 spiro atoms. The highest BCUT2D eigenvalue weighted by Gasteiger charge is 2.14. The van der Waals surface area contributed by atoms with Crippen molar-refractivity contribution in [2.24, 2.45) is 0 Å². The second-order valence-corrected chi connectivity index (χ2v) is 7.17. The van der Waals surface area contributed by atoms with Crippen LogP contribution in [0.2, 0.25) is 0 Å². The maximum absolute atomic E-state index is 12.6. The first kappa shape index (κ1) is 21.0. The van der Waals surface area contributed by atoms with Crippen LogP contribution in [-0.2, 0) is 0 Å². The number of anilines is 1. The Morgan fingerprint density at radius 3 is 2.10 bits per heavy atom. The minimum Gasteiger partial charge on any atom is -0.475 e. The van der Waals surface area contributed by atoms with Gasteiger partial charge in [0.2, 0.25) is 5.88 Å². The fraction of sp³-hybridized carbons (Fsp3) is 0.208. The minimum absolute atomic E-state index is 0.00448. The summed E-state index contributed by atoms with van der Waals surface area (Å²) >= 11 is 0. The van der Waals surface area contributed by atoms with Gasteiger partial charge >= 0.3 is 5.97 Å². The van der Waals surface area contributed by atoms with Gasteiger partial charge in [-0.15, -0.1) is 0 Å². The van der Waals surface area contributed by atoms with Crippen LogP contribution in [0.25, 0.3) is 0 Å². The molecule has 1 heterocycles. The molecule has 6 nitrogen and oxygen atoms in total. The summed E-state index contributed by atoms with van der Waals surface area (Å²) < 4.78 is 10.9. The van der Waals surface area contributed by atoms with Crippen LogP contribution in [0.3, 0.4) is 0 Å². The van der Waals surface area contributed by atoms with Crippen molar-refractivity contribution in [2.45, 2.75) is 26.9 Å². The standard InChI is InChI=1S/C24H24N2O4/c1-16(2)29-22-14-9-19(15-25-22)24(28)30-21-12-10-20(11-13-21)26(4)23(27)18-7-5-17(3)6-8-18/h5-16H,1-4H3. The molecule has 2 aromatic carbocycles. The summed E-state index contributed by atoms with van der Waals surface area (Å²) in [6.07, 6.45) is 1.42. The molecule has 3 aromatic rings. The van der Waals surface area contributed by atoms with Crippen molar-refractivity contribution >= 4 is 17.6 Å². The van der Waals surface area contributed by atoms with Gasteiger partial charge in [0.15, 0.2) is 0 Å². The number of amides is 1. The number of hydrogen-bond donors (Lipinski definition) is 0. The van der Waals surface area contributed by atoms with E-state index >= 15 is 0 Å². The molecule has 0 saturated carbocycles. The van der Waals surface area contributed by atoms with Crippen molar-refractivity contribution in [1.29, 1.82) is 0 Å². The molecule has 30 heavy (non-hydrogen) atoms. The third-order valence-corrected chi connectivity index (χ3v) is 4.37. The van der Waals surface area contributed by atoms with Crippen LogP contribution in [0.4, 0.5) is 5.69 Å². The van der Waals surface area contributed by atoms with E-state index in [9.17, 15) is 9.59 Å². The van der Waals surface area contributed by atoms with E-state index < -0.39 is 5.97 Å². The maximum Gasteiger partial charge on any atom is 0.345 e. The number of hydrogen-bond acceptors (Lipinski definition) is 5. The predicted molar refractivity (Wildman–Crippen MR) is 115 cm³/mol. The molecule has 1 amide bonds. The lowest BCUT2D eigenvalue weighted by molar-refractivity contribution is 0.0734. The highest BCUT2D eigenvalue weighted by molar-refractivity contribution is 6.05. The van der Waals surface area contributed by atoms with E-state index in [1.165, 1.54) is 6.20 Å². The van der Waals surface area contributed by atoms with E-state index in [1.807, 2.05) is 32.9 Å². The summed E-state index contributed by atoms with van der Waals surface area (Å²) in [5, 5.41) is 0. The summed E-state index contributed by atoms with van der Waals surface area (Å²) in [5.74, 6) is 0.194. The molecule has 3 rings (SSSR count). The summed E-state index contributed by atoms with van der Waals surface area (Å²) in [6, 6.07) is 17.4. The van der Waals surface area contributed by atoms with Crippen molar-refractivity contribution in [3.8, 4) is 11.6 Å². The lowest BCUT2D eigenvalue weighted by atomic mass is 10.1. The van der Waals surface area contributed by atoms with Crippen molar-refractivity contribution in [3.63, 3.8) is 0 Å². The zero-order valence-electron chi connectivity index (χ0n) is 17.5. The Morgan fingerprint density at radius 2 is 1.53 bits per heavy atom. The summed E-state index contributed by atoms with van der Waals surface area (Å²) in [6.45, 7) is 5.78. The lowest BCUT2D eigenvalue weighted by Gasteiger charge is -2.18. The van der Waals surface area contributed by atoms with Gasteiger partial charge in [-0.05, 0) is 63.2 Å². The molecule has 0 aliphatic rings. The highest BCUT2D eigenvalue weighted by Crippen LogP contribution is 2.21. The Labute approximate surface area is 176 Å². The molecule has 1 aromatic heterocycles. The zero-order chi connectivity index (χ0) is 21.7. The van der Waals surface area contributed by atoms with Gasteiger partial charge in [0.05, 0.1) is 11.7 Å². The van der Waals surface area contributed by atoms with Gasteiger partial charge < -0.3 is 14.4 Å².